The Hall–Kier alpha value is -1.33. The van der Waals surface area contributed by atoms with Crippen molar-refractivity contribution in [2.45, 2.75) is 6.42 Å². The molecule has 0 saturated carbocycles. The molecule has 3 N–H and O–H groups in total. The van der Waals surface area contributed by atoms with E-state index in [1.165, 1.54) is 0 Å². The van der Waals surface area contributed by atoms with Gasteiger partial charge in [-0.05, 0) is 45.6 Å². The molecule has 0 spiro atoms. The number of anilines is 2. The van der Waals surface area contributed by atoms with Gasteiger partial charge in [0, 0.05) is 20.7 Å². The van der Waals surface area contributed by atoms with Crippen LogP contribution in [0.3, 0.4) is 0 Å². The summed E-state index contributed by atoms with van der Waals surface area (Å²) >= 11 is 4.90. The van der Waals surface area contributed by atoms with Gasteiger partial charge in [-0.15, -0.1) is 11.3 Å². The number of hydrogen-bond acceptors (Lipinski definition) is 3. The van der Waals surface area contributed by atoms with Crippen LogP contribution in [0.25, 0.3) is 0 Å². The summed E-state index contributed by atoms with van der Waals surface area (Å²) in [6.45, 7) is 0. The van der Waals surface area contributed by atoms with Gasteiger partial charge in [0.25, 0.3) is 0 Å². The highest BCUT2D eigenvalue weighted by Crippen LogP contribution is 2.23. The summed E-state index contributed by atoms with van der Waals surface area (Å²) in [5.74, 6) is -0.0240. The molecule has 0 bridgehead atoms. The van der Waals surface area contributed by atoms with Crippen LogP contribution in [-0.2, 0) is 11.2 Å². The van der Waals surface area contributed by atoms with Crippen molar-refractivity contribution in [2.75, 3.05) is 11.1 Å². The Morgan fingerprint density at radius 2 is 2.24 bits per heavy atom. The smallest absolute Gasteiger partial charge is 0.229 e. The number of rotatable bonds is 3. The molecular weight excluding hydrogens is 300 g/mol. The van der Waals surface area contributed by atoms with Crippen LogP contribution in [0.2, 0.25) is 0 Å². The van der Waals surface area contributed by atoms with Crippen LogP contribution < -0.4 is 11.1 Å². The molecule has 1 aromatic heterocycles. The minimum atomic E-state index is -0.0240. The largest absolute Gasteiger partial charge is 0.398 e. The topological polar surface area (TPSA) is 55.1 Å². The summed E-state index contributed by atoms with van der Waals surface area (Å²) in [4.78, 5) is 12.8. The van der Waals surface area contributed by atoms with Crippen molar-refractivity contribution < 1.29 is 4.79 Å². The molecule has 17 heavy (non-hydrogen) atoms. The lowest BCUT2D eigenvalue weighted by atomic mass is 10.2. The molecule has 0 aliphatic carbocycles. The number of thiophene rings is 1. The Morgan fingerprint density at radius 1 is 1.41 bits per heavy atom. The fraction of sp³-hybridized carbons (Fsp3) is 0.0833. The summed E-state index contributed by atoms with van der Waals surface area (Å²) < 4.78 is 0.784. The Labute approximate surface area is 112 Å². The second kappa shape index (κ2) is 5.33. The van der Waals surface area contributed by atoms with Crippen LogP contribution in [0.15, 0.2) is 40.2 Å². The van der Waals surface area contributed by atoms with Gasteiger partial charge in [-0.1, -0.05) is 6.07 Å². The number of halogens is 1. The third-order valence-electron chi connectivity index (χ3n) is 2.20. The fourth-order valence-corrected chi connectivity index (χ4v) is 2.46. The lowest BCUT2D eigenvalue weighted by molar-refractivity contribution is -0.115. The molecule has 0 aliphatic rings. The third-order valence-corrected chi connectivity index (χ3v) is 3.76. The Kier molecular flexibility index (Phi) is 3.81. The van der Waals surface area contributed by atoms with E-state index < -0.39 is 0 Å². The summed E-state index contributed by atoms with van der Waals surface area (Å²) in [7, 11) is 0. The summed E-state index contributed by atoms with van der Waals surface area (Å²) in [6.07, 6.45) is 0.402. The van der Waals surface area contributed by atoms with Crippen LogP contribution in [0, 0.1) is 0 Å². The number of benzene rings is 1. The van der Waals surface area contributed by atoms with Crippen molar-refractivity contribution in [3.05, 3.63) is 45.1 Å². The van der Waals surface area contributed by atoms with E-state index in [2.05, 4.69) is 21.2 Å². The maximum Gasteiger partial charge on any atom is 0.229 e. The van der Waals surface area contributed by atoms with Crippen molar-refractivity contribution in [2.24, 2.45) is 0 Å². The van der Waals surface area contributed by atoms with Gasteiger partial charge in [0.15, 0.2) is 0 Å². The lowest BCUT2D eigenvalue weighted by Crippen LogP contribution is -2.13. The number of amides is 1. The van der Waals surface area contributed by atoms with Crippen molar-refractivity contribution in [1.82, 2.24) is 0 Å². The monoisotopic (exact) mass is 310 g/mol. The molecule has 0 unspecified atom stereocenters. The van der Waals surface area contributed by atoms with E-state index in [9.17, 15) is 4.79 Å². The van der Waals surface area contributed by atoms with E-state index in [1.54, 1.807) is 29.5 Å². The standard InChI is InChI=1S/C12H11BrN2OS/c13-10-6-8(3-4-11(10)14)15-12(16)7-9-2-1-5-17-9/h1-6H,7,14H2,(H,15,16). The molecule has 0 fully saturated rings. The van der Waals surface area contributed by atoms with Gasteiger partial charge in [-0.25, -0.2) is 0 Å². The number of hydrogen-bond donors (Lipinski definition) is 2. The summed E-state index contributed by atoms with van der Waals surface area (Å²) in [6, 6.07) is 9.22. The summed E-state index contributed by atoms with van der Waals surface area (Å²) in [5.41, 5.74) is 7.07. The predicted molar refractivity (Wildman–Crippen MR) is 75.2 cm³/mol. The molecule has 1 amide bonds. The van der Waals surface area contributed by atoms with Crippen LogP contribution in [-0.4, -0.2) is 5.91 Å². The molecule has 2 rings (SSSR count). The fourth-order valence-electron chi connectivity index (χ4n) is 1.38. The molecule has 0 saturated heterocycles. The molecule has 1 heterocycles. The van der Waals surface area contributed by atoms with Crippen molar-refractivity contribution in [1.29, 1.82) is 0 Å². The molecule has 88 valence electrons. The molecule has 3 nitrogen and oxygen atoms in total. The number of nitrogen functional groups attached to an aromatic ring is 1. The quantitative estimate of drug-likeness (QED) is 0.855. The van der Waals surface area contributed by atoms with E-state index >= 15 is 0 Å². The lowest BCUT2D eigenvalue weighted by Gasteiger charge is -2.06. The molecule has 5 heteroatoms. The molecule has 0 atom stereocenters. The third kappa shape index (κ3) is 3.31. The Balaban J connectivity index is 2.00. The van der Waals surface area contributed by atoms with Gasteiger partial charge in [0.1, 0.15) is 0 Å². The molecule has 0 aliphatic heterocycles. The predicted octanol–water partition coefficient (Wildman–Crippen LogP) is 3.27. The number of nitrogens with one attached hydrogen (secondary N) is 1. The van der Waals surface area contributed by atoms with Crippen LogP contribution >= 0.6 is 27.3 Å². The normalized spacial score (nSPS) is 10.2. The number of carbonyl (C=O) groups excluding carboxylic acids is 1. The first-order chi connectivity index (χ1) is 8.15. The Morgan fingerprint density at radius 3 is 2.88 bits per heavy atom. The average Bonchev–Trinajstić information content (AvgIpc) is 2.76. The van der Waals surface area contributed by atoms with E-state index in [0.29, 0.717) is 12.1 Å². The highest BCUT2D eigenvalue weighted by atomic mass is 79.9. The van der Waals surface area contributed by atoms with E-state index in [1.807, 2.05) is 17.5 Å². The van der Waals surface area contributed by atoms with Crippen LogP contribution in [0.4, 0.5) is 11.4 Å². The second-order valence-corrected chi connectivity index (χ2v) is 5.43. The van der Waals surface area contributed by atoms with E-state index in [0.717, 1.165) is 15.0 Å². The number of nitrogens with two attached hydrogens (primary N) is 1. The van der Waals surface area contributed by atoms with E-state index in [-0.39, 0.29) is 5.91 Å². The van der Waals surface area contributed by atoms with Gasteiger partial charge in [-0.3, -0.25) is 4.79 Å². The average molecular weight is 311 g/mol. The molecular formula is C12H11BrN2OS. The molecule has 0 radical (unpaired) electrons. The van der Waals surface area contributed by atoms with Gasteiger partial charge >= 0.3 is 0 Å². The first-order valence-electron chi connectivity index (χ1n) is 5.02. The molecule has 2 aromatic rings. The van der Waals surface area contributed by atoms with Gasteiger partial charge in [-0.2, -0.15) is 0 Å². The minimum Gasteiger partial charge on any atom is -0.398 e. The van der Waals surface area contributed by atoms with E-state index in [4.69, 9.17) is 5.73 Å². The van der Waals surface area contributed by atoms with Crippen molar-refractivity contribution in [3.8, 4) is 0 Å². The maximum absolute atomic E-state index is 11.7. The maximum atomic E-state index is 11.7. The Bertz CT molecular complexity index is 525. The first kappa shape index (κ1) is 12.1. The van der Waals surface area contributed by atoms with Crippen molar-refractivity contribution in [3.63, 3.8) is 0 Å². The molecule has 1 aromatic carbocycles. The summed E-state index contributed by atoms with van der Waals surface area (Å²) in [5, 5.41) is 4.79. The van der Waals surface area contributed by atoms with Crippen molar-refractivity contribution >= 4 is 44.5 Å². The van der Waals surface area contributed by atoms with Crippen LogP contribution in [0.1, 0.15) is 4.88 Å². The van der Waals surface area contributed by atoms with Crippen LogP contribution in [0.5, 0.6) is 0 Å². The highest BCUT2D eigenvalue weighted by molar-refractivity contribution is 9.10. The highest BCUT2D eigenvalue weighted by Gasteiger charge is 2.05. The zero-order valence-electron chi connectivity index (χ0n) is 8.94. The first-order valence-corrected chi connectivity index (χ1v) is 6.69. The SMILES string of the molecule is Nc1ccc(NC(=O)Cc2cccs2)cc1Br. The van der Waals surface area contributed by atoms with Gasteiger partial charge < -0.3 is 11.1 Å². The van der Waals surface area contributed by atoms with Gasteiger partial charge in [0.2, 0.25) is 5.91 Å². The minimum absolute atomic E-state index is 0.0240. The zero-order chi connectivity index (χ0) is 12.3. The number of carbonyl (C=O) groups is 1. The zero-order valence-corrected chi connectivity index (χ0v) is 11.3. The second-order valence-electron chi connectivity index (χ2n) is 3.54. The van der Waals surface area contributed by atoms with Gasteiger partial charge in [0.05, 0.1) is 6.42 Å².